The van der Waals surface area contributed by atoms with Crippen molar-refractivity contribution >= 4 is 21.7 Å². The summed E-state index contributed by atoms with van der Waals surface area (Å²) in [5.41, 5.74) is 5.08. The van der Waals surface area contributed by atoms with E-state index in [0.29, 0.717) is 11.1 Å². The van der Waals surface area contributed by atoms with E-state index in [0.717, 1.165) is 0 Å². The SMILES string of the molecule is CCn1cc(Br)nc(N)c1=O. The monoisotopic (exact) mass is 217 g/mol. The summed E-state index contributed by atoms with van der Waals surface area (Å²) in [4.78, 5) is 14.8. The zero-order valence-corrected chi connectivity index (χ0v) is 7.63. The lowest BCUT2D eigenvalue weighted by molar-refractivity contribution is 0.717. The van der Waals surface area contributed by atoms with Crippen LogP contribution in [0.3, 0.4) is 0 Å². The van der Waals surface area contributed by atoms with Crippen LogP contribution in [0.25, 0.3) is 0 Å². The zero-order chi connectivity index (χ0) is 8.43. The van der Waals surface area contributed by atoms with Crippen molar-refractivity contribution in [2.45, 2.75) is 13.5 Å². The maximum atomic E-state index is 11.1. The average molecular weight is 218 g/mol. The number of halogens is 1. The Balaban J connectivity index is 3.37. The van der Waals surface area contributed by atoms with Crippen LogP contribution in [0.1, 0.15) is 6.92 Å². The van der Waals surface area contributed by atoms with Crippen LogP contribution in [0.15, 0.2) is 15.6 Å². The van der Waals surface area contributed by atoms with Gasteiger partial charge >= 0.3 is 0 Å². The molecule has 1 rings (SSSR count). The van der Waals surface area contributed by atoms with Crippen LogP contribution in [-0.2, 0) is 6.54 Å². The van der Waals surface area contributed by atoms with Crippen LogP contribution in [0.2, 0.25) is 0 Å². The fourth-order valence-corrected chi connectivity index (χ4v) is 1.20. The predicted octanol–water partition coefficient (Wildman–Crippen LogP) is 0.608. The van der Waals surface area contributed by atoms with Gasteiger partial charge in [-0.2, -0.15) is 0 Å². The van der Waals surface area contributed by atoms with E-state index in [-0.39, 0.29) is 11.4 Å². The highest BCUT2D eigenvalue weighted by Gasteiger charge is 2.00. The molecule has 0 saturated carbocycles. The highest BCUT2D eigenvalue weighted by atomic mass is 79.9. The lowest BCUT2D eigenvalue weighted by Crippen LogP contribution is -2.23. The van der Waals surface area contributed by atoms with Gasteiger partial charge in [0.1, 0.15) is 4.60 Å². The van der Waals surface area contributed by atoms with E-state index in [1.807, 2.05) is 6.92 Å². The second-order valence-corrected chi connectivity index (χ2v) is 2.85. The number of hydrogen-bond acceptors (Lipinski definition) is 3. The minimum Gasteiger partial charge on any atom is -0.379 e. The van der Waals surface area contributed by atoms with Crippen molar-refractivity contribution in [1.29, 1.82) is 0 Å². The van der Waals surface area contributed by atoms with Gasteiger partial charge in [-0.25, -0.2) is 4.98 Å². The molecule has 2 N–H and O–H groups in total. The molecule has 60 valence electrons. The topological polar surface area (TPSA) is 60.9 Å². The first-order chi connectivity index (χ1) is 5.15. The number of aryl methyl sites for hydroxylation is 1. The van der Waals surface area contributed by atoms with E-state index in [4.69, 9.17) is 5.73 Å². The number of nitrogens with zero attached hydrogens (tertiary/aromatic N) is 2. The van der Waals surface area contributed by atoms with Crippen molar-refractivity contribution in [2.24, 2.45) is 0 Å². The Morgan fingerprint density at radius 3 is 3.00 bits per heavy atom. The number of nitrogens with two attached hydrogens (primary N) is 1. The van der Waals surface area contributed by atoms with Crippen LogP contribution >= 0.6 is 15.9 Å². The summed E-state index contributed by atoms with van der Waals surface area (Å²) in [6.07, 6.45) is 1.61. The van der Waals surface area contributed by atoms with Crippen molar-refractivity contribution in [3.05, 3.63) is 21.2 Å². The molecule has 5 heteroatoms. The average Bonchev–Trinajstić information content (AvgIpc) is 1.96. The molecule has 0 saturated heterocycles. The smallest absolute Gasteiger partial charge is 0.293 e. The molecule has 0 aliphatic rings. The number of anilines is 1. The number of hydrogen-bond donors (Lipinski definition) is 1. The molecule has 0 amide bonds. The van der Waals surface area contributed by atoms with Crippen molar-refractivity contribution in [2.75, 3.05) is 5.73 Å². The number of aromatic nitrogens is 2. The quantitative estimate of drug-likeness (QED) is 0.751. The molecule has 0 spiro atoms. The summed E-state index contributed by atoms with van der Waals surface area (Å²) in [6.45, 7) is 2.47. The molecule has 0 fully saturated rings. The minimum absolute atomic E-state index is 0.0289. The molecule has 0 bridgehead atoms. The predicted molar refractivity (Wildman–Crippen MR) is 46.3 cm³/mol. The van der Waals surface area contributed by atoms with E-state index in [1.54, 1.807) is 6.20 Å². The van der Waals surface area contributed by atoms with Crippen LogP contribution < -0.4 is 11.3 Å². The Morgan fingerprint density at radius 1 is 1.82 bits per heavy atom. The third-order valence-electron chi connectivity index (χ3n) is 1.31. The second-order valence-electron chi connectivity index (χ2n) is 2.04. The van der Waals surface area contributed by atoms with E-state index < -0.39 is 0 Å². The van der Waals surface area contributed by atoms with E-state index in [9.17, 15) is 4.79 Å². The first kappa shape index (κ1) is 8.26. The lowest BCUT2D eigenvalue weighted by Gasteiger charge is -2.01. The number of nitrogen functional groups attached to an aromatic ring is 1. The molecule has 0 radical (unpaired) electrons. The Kier molecular flexibility index (Phi) is 2.28. The van der Waals surface area contributed by atoms with Gasteiger partial charge < -0.3 is 10.3 Å². The Hall–Kier alpha value is -0.840. The van der Waals surface area contributed by atoms with Gasteiger partial charge in [0.15, 0.2) is 5.82 Å². The highest BCUT2D eigenvalue weighted by Crippen LogP contribution is 2.03. The summed E-state index contributed by atoms with van der Waals surface area (Å²) in [6, 6.07) is 0. The maximum Gasteiger partial charge on any atom is 0.293 e. The summed E-state index contributed by atoms with van der Waals surface area (Å²) in [5, 5.41) is 0. The molecule has 1 aromatic rings. The molecule has 0 aliphatic heterocycles. The van der Waals surface area contributed by atoms with Gasteiger partial charge in [-0.3, -0.25) is 4.79 Å². The minimum atomic E-state index is -0.240. The highest BCUT2D eigenvalue weighted by molar-refractivity contribution is 9.10. The fraction of sp³-hybridized carbons (Fsp3) is 0.333. The molecule has 0 unspecified atom stereocenters. The normalized spacial score (nSPS) is 10.0. The molecule has 0 aliphatic carbocycles. The van der Waals surface area contributed by atoms with Crippen molar-refractivity contribution in [1.82, 2.24) is 9.55 Å². The van der Waals surface area contributed by atoms with Crippen molar-refractivity contribution in [3.8, 4) is 0 Å². The third kappa shape index (κ3) is 1.59. The van der Waals surface area contributed by atoms with Crippen LogP contribution in [0.4, 0.5) is 5.82 Å². The first-order valence-corrected chi connectivity index (χ1v) is 3.97. The second kappa shape index (κ2) is 3.04. The summed E-state index contributed by atoms with van der Waals surface area (Å²) < 4.78 is 2.07. The Labute approximate surface area is 72.2 Å². The molecule has 1 heterocycles. The molecular weight excluding hydrogens is 210 g/mol. The Morgan fingerprint density at radius 2 is 2.45 bits per heavy atom. The molecule has 4 nitrogen and oxygen atoms in total. The van der Waals surface area contributed by atoms with Gasteiger partial charge in [0.05, 0.1) is 0 Å². The standard InChI is InChI=1S/C6H8BrN3O/c1-2-10-3-4(7)9-5(8)6(10)11/h3H,2H2,1H3,(H2,8,9). The maximum absolute atomic E-state index is 11.1. The third-order valence-corrected chi connectivity index (χ3v) is 1.69. The first-order valence-electron chi connectivity index (χ1n) is 3.17. The molecular formula is C6H8BrN3O. The fourth-order valence-electron chi connectivity index (χ4n) is 0.761. The van der Waals surface area contributed by atoms with Crippen molar-refractivity contribution in [3.63, 3.8) is 0 Å². The number of rotatable bonds is 1. The molecule has 0 aromatic carbocycles. The van der Waals surface area contributed by atoms with E-state index in [2.05, 4.69) is 20.9 Å². The van der Waals surface area contributed by atoms with Crippen LogP contribution in [0.5, 0.6) is 0 Å². The summed E-state index contributed by atoms with van der Waals surface area (Å²) in [7, 11) is 0. The van der Waals surface area contributed by atoms with Gasteiger partial charge in [-0.1, -0.05) is 0 Å². The van der Waals surface area contributed by atoms with E-state index >= 15 is 0 Å². The largest absolute Gasteiger partial charge is 0.379 e. The molecule has 1 aromatic heterocycles. The van der Waals surface area contributed by atoms with Gasteiger partial charge in [0.25, 0.3) is 5.56 Å². The zero-order valence-electron chi connectivity index (χ0n) is 6.04. The summed E-state index contributed by atoms with van der Waals surface area (Å²) >= 11 is 3.14. The summed E-state index contributed by atoms with van der Waals surface area (Å²) in [5.74, 6) is 0.0289. The van der Waals surface area contributed by atoms with Crippen molar-refractivity contribution < 1.29 is 0 Å². The van der Waals surface area contributed by atoms with Gasteiger partial charge in [-0.05, 0) is 22.9 Å². The molecule has 0 atom stereocenters. The lowest BCUT2D eigenvalue weighted by atomic mass is 10.6. The van der Waals surface area contributed by atoms with Gasteiger partial charge in [-0.15, -0.1) is 0 Å². The van der Waals surface area contributed by atoms with Gasteiger partial charge in [0, 0.05) is 12.7 Å². The molecule has 11 heavy (non-hydrogen) atoms. The van der Waals surface area contributed by atoms with Crippen LogP contribution in [-0.4, -0.2) is 9.55 Å². The van der Waals surface area contributed by atoms with Crippen LogP contribution in [0, 0.1) is 0 Å². The van der Waals surface area contributed by atoms with E-state index in [1.165, 1.54) is 4.57 Å². The Bertz CT molecular complexity index is 320. The van der Waals surface area contributed by atoms with Gasteiger partial charge in [0.2, 0.25) is 0 Å².